The van der Waals surface area contributed by atoms with Gasteiger partial charge >= 0.3 is 0 Å². The minimum Gasteiger partial charge on any atom is -0.324 e. The molecule has 2 N–H and O–H groups in total. The molecule has 0 radical (unpaired) electrons. The molecule has 176 valence electrons. The summed E-state index contributed by atoms with van der Waals surface area (Å²) in [5, 5.41) is 14.0. The first-order valence-electron chi connectivity index (χ1n) is 11.4. The van der Waals surface area contributed by atoms with Crippen molar-refractivity contribution in [3.8, 4) is 0 Å². The van der Waals surface area contributed by atoms with Crippen molar-refractivity contribution in [1.29, 1.82) is 0 Å². The van der Waals surface area contributed by atoms with E-state index in [2.05, 4.69) is 16.1 Å². The van der Waals surface area contributed by atoms with Crippen LogP contribution in [0.2, 0.25) is 0 Å². The molecule has 0 aliphatic heterocycles. The second-order valence-corrected chi connectivity index (χ2v) is 11.0. The van der Waals surface area contributed by atoms with Gasteiger partial charge in [0.25, 0.3) is 5.69 Å². The Morgan fingerprint density at radius 2 is 1.61 bits per heavy atom. The zero-order valence-electron chi connectivity index (χ0n) is 18.9. The van der Waals surface area contributed by atoms with Crippen molar-refractivity contribution in [2.24, 2.45) is 5.92 Å². The zero-order valence-corrected chi connectivity index (χ0v) is 19.7. The molecule has 8 nitrogen and oxygen atoms in total. The number of nitrogens with zero attached hydrogens (tertiary/aromatic N) is 1. The maximum absolute atomic E-state index is 13.4. The number of sulfonamides is 1. The quantitative estimate of drug-likeness (QED) is 0.447. The number of amides is 1. The molecule has 1 amide bonds. The van der Waals surface area contributed by atoms with E-state index in [1.54, 1.807) is 0 Å². The number of hydrogen-bond donors (Lipinski definition) is 2. The second-order valence-electron chi connectivity index (χ2n) is 9.28. The van der Waals surface area contributed by atoms with E-state index in [-0.39, 0.29) is 22.4 Å². The average molecular weight is 472 g/mol. The Labute approximate surface area is 194 Å². The molecular weight excluding hydrogens is 442 g/mol. The van der Waals surface area contributed by atoms with Crippen LogP contribution in [0.5, 0.6) is 0 Å². The van der Waals surface area contributed by atoms with E-state index in [1.807, 2.05) is 13.8 Å². The number of aryl methyl sites for hydroxylation is 2. The van der Waals surface area contributed by atoms with Crippen molar-refractivity contribution < 1.29 is 18.1 Å². The van der Waals surface area contributed by atoms with Crippen LogP contribution < -0.4 is 10.0 Å². The van der Waals surface area contributed by atoms with Gasteiger partial charge in [0.1, 0.15) is 6.04 Å². The van der Waals surface area contributed by atoms with Gasteiger partial charge in [0, 0.05) is 17.8 Å². The van der Waals surface area contributed by atoms with Crippen LogP contribution >= 0.6 is 0 Å². The fourth-order valence-corrected chi connectivity index (χ4v) is 6.07. The van der Waals surface area contributed by atoms with E-state index >= 15 is 0 Å². The average Bonchev–Trinajstić information content (AvgIpc) is 3.42. The highest BCUT2D eigenvalue weighted by atomic mass is 32.2. The van der Waals surface area contributed by atoms with Crippen LogP contribution in [-0.2, 0) is 40.5 Å². The molecule has 2 aromatic rings. The topological polar surface area (TPSA) is 118 Å². The van der Waals surface area contributed by atoms with Gasteiger partial charge in [0.05, 0.1) is 9.82 Å². The lowest BCUT2D eigenvalue weighted by Gasteiger charge is -2.22. The van der Waals surface area contributed by atoms with E-state index in [0.717, 1.165) is 56.3 Å². The monoisotopic (exact) mass is 471 g/mol. The molecule has 0 heterocycles. The Hall–Kier alpha value is -2.78. The molecule has 1 atom stereocenters. The summed E-state index contributed by atoms with van der Waals surface area (Å²) in [5.41, 5.74) is 5.63. The summed E-state index contributed by atoms with van der Waals surface area (Å²) in [6.07, 6.45) is 6.30. The Bertz CT molecular complexity index is 1160. The van der Waals surface area contributed by atoms with Gasteiger partial charge in [-0.3, -0.25) is 14.9 Å². The molecule has 0 aromatic heterocycles. The number of benzene rings is 2. The maximum atomic E-state index is 13.4. The molecule has 33 heavy (non-hydrogen) atoms. The number of nitro groups is 1. The molecule has 2 aliphatic carbocycles. The Morgan fingerprint density at radius 1 is 1.03 bits per heavy atom. The molecule has 0 saturated carbocycles. The van der Waals surface area contributed by atoms with E-state index in [9.17, 15) is 23.3 Å². The van der Waals surface area contributed by atoms with Crippen molar-refractivity contribution >= 4 is 27.3 Å². The lowest BCUT2D eigenvalue weighted by atomic mass is 9.98. The molecule has 2 aromatic carbocycles. The van der Waals surface area contributed by atoms with Crippen LogP contribution in [0.25, 0.3) is 0 Å². The van der Waals surface area contributed by atoms with E-state index in [1.165, 1.54) is 34.4 Å². The number of carbonyl (C=O) groups is 1. The first-order valence-corrected chi connectivity index (χ1v) is 12.9. The van der Waals surface area contributed by atoms with Crippen molar-refractivity contribution in [2.75, 3.05) is 5.32 Å². The van der Waals surface area contributed by atoms with Crippen LogP contribution in [0.3, 0.4) is 0 Å². The van der Waals surface area contributed by atoms with Gasteiger partial charge in [0.15, 0.2) is 0 Å². The molecule has 0 bridgehead atoms. The third-order valence-electron chi connectivity index (χ3n) is 6.40. The van der Waals surface area contributed by atoms with Gasteiger partial charge in [-0.05, 0) is 85.3 Å². The zero-order chi connectivity index (χ0) is 23.8. The molecule has 0 saturated heterocycles. The molecule has 1 unspecified atom stereocenters. The second kappa shape index (κ2) is 9.23. The molecule has 0 spiro atoms. The highest BCUT2D eigenvalue weighted by Gasteiger charge is 2.30. The van der Waals surface area contributed by atoms with E-state index in [0.29, 0.717) is 6.42 Å². The summed E-state index contributed by atoms with van der Waals surface area (Å²) in [5.74, 6) is -0.295. The summed E-state index contributed by atoms with van der Waals surface area (Å²) in [6.45, 7) is 3.86. The smallest absolute Gasteiger partial charge is 0.269 e. The Balaban J connectivity index is 1.60. The van der Waals surface area contributed by atoms with Crippen molar-refractivity contribution in [3.63, 3.8) is 0 Å². The van der Waals surface area contributed by atoms with E-state index < -0.39 is 21.0 Å². The number of nitrogens with one attached hydrogen (secondary N) is 2. The first-order chi connectivity index (χ1) is 15.7. The molecule has 4 rings (SSSR count). The normalized spacial score (nSPS) is 15.8. The van der Waals surface area contributed by atoms with Crippen molar-refractivity contribution in [1.82, 2.24) is 4.72 Å². The summed E-state index contributed by atoms with van der Waals surface area (Å²) in [4.78, 5) is 23.5. The van der Waals surface area contributed by atoms with Crippen molar-refractivity contribution in [2.45, 2.75) is 69.7 Å². The third kappa shape index (κ3) is 4.94. The fraction of sp³-hybridized carbons (Fsp3) is 0.458. The Kier molecular flexibility index (Phi) is 6.54. The van der Waals surface area contributed by atoms with Gasteiger partial charge in [-0.25, -0.2) is 8.42 Å². The van der Waals surface area contributed by atoms with Crippen LogP contribution in [0.4, 0.5) is 11.4 Å². The first kappa shape index (κ1) is 23.4. The summed E-state index contributed by atoms with van der Waals surface area (Å²) >= 11 is 0. The Morgan fingerprint density at radius 3 is 2.12 bits per heavy atom. The molecule has 9 heteroatoms. The van der Waals surface area contributed by atoms with Crippen LogP contribution in [0.1, 0.15) is 55.4 Å². The van der Waals surface area contributed by atoms with Gasteiger partial charge in [-0.15, -0.1) is 0 Å². The van der Waals surface area contributed by atoms with Gasteiger partial charge < -0.3 is 5.32 Å². The number of fused-ring (bicyclic) bond motifs is 2. The molecular formula is C24H29N3O5S. The summed E-state index contributed by atoms with van der Waals surface area (Å²) < 4.78 is 28.5. The lowest BCUT2D eigenvalue weighted by Crippen LogP contribution is -2.44. The van der Waals surface area contributed by atoms with E-state index in [4.69, 9.17) is 0 Å². The largest absolute Gasteiger partial charge is 0.324 e. The lowest BCUT2D eigenvalue weighted by molar-refractivity contribution is -0.384. The maximum Gasteiger partial charge on any atom is 0.269 e. The van der Waals surface area contributed by atoms with Gasteiger partial charge in [-0.2, -0.15) is 4.72 Å². The standard InChI is InChI=1S/C24H29N3O5S/c1-15(2)13-22(26-33(31,32)19-11-9-18(10-12-19)27(29)30)24(28)25-23-20-7-3-5-16(20)14-17-6-4-8-21(17)23/h9-12,14-15,22,26H,3-8,13H2,1-2H3,(H,25,28). The fourth-order valence-electron chi connectivity index (χ4n) is 4.86. The number of hydrogen-bond acceptors (Lipinski definition) is 5. The van der Waals surface area contributed by atoms with Crippen LogP contribution in [0.15, 0.2) is 35.2 Å². The van der Waals surface area contributed by atoms with Gasteiger partial charge in [-0.1, -0.05) is 19.9 Å². The van der Waals surface area contributed by atoms with Crippen LogP contribution in [0, 0.1) is 16.0 Å². The molecule has 0 fully saturated rings. The highest BCUT2D eigenvalue weighted by Crippen LogP contribution is 2.38. The van der Waals surface area contributed by atoms with Gasteiger partial charge in [0.2, 0.25) is 15.9 Å². The number of anilines is 1. The highest BCUT2D eigenvalue weighted by molar-refractivity contribution is 7.89. The number of rotatable bonds is 8. The van der Waals surface area contributed by atoms with Crippen molar-refractivity contribution in [3.05, 3.63) is 62.7 Å². The molecule has 2 aliphatic rings. The summed E-state index contributed by atoms with van der Waals surface area (Å²) in [6, 6.07) is 5.97. The summed E-state index contributed by atoms with van der Waals surface area (Å²) in [7, 11) is -4.04. The third-order valence-corrected chi connectivity index (χ3v) is 7.89. The predicted octanol–water partition coefficient (Wildman–Crippen LogP) is 3.90. The van der Waals surface area contributed by atoms with Crippen LogP contribution in [-0.4, -0.2) is 25.3 Å². The number of non-ortho nitro benzene ring substituents is 1. The minimum atomic E-state index is -4.04. The SMILES string of the molecule is CC(C)CC(NS(=O)(=O)c1ccc([N+](=O)[O-])cc1)C(=O)Nc1c2c(cc3c1CCC3)CCC2. The number of nitro benzene ring substituents is 1. The minimum absolute atomic E-state index is 0.0764. The number of carbonyl (C=O) groups excluding carboxylic acids is 1. The predicted molar refractivity (Wildman–Crippen MR) is 126 cm³/mol.